The molecule has 0 aromatic carbocycles. The number of hydrogen-bond donors (Lipinski definition) is 0. The first-order valence-corrected chi connectivity index (χ1v) is 11.6. The van der Waals surface area contributed by atoms with Crippen molar-refractivity contribution in [1.29, 1.82) is 0 Å². The van der Waals surface area contributed by atoms with Crippen LogP contribution in [0.3, 0.4) is 0 Å². The van der Waals surface area contributed by atoms with Crippen molar-refractivity contribution in [3.63, 3.8) is 0 Å². The van der Waals surface area contributed by atoms with Gasteiger partial charge >= 0.3 is 0 Å². The number of ether oxygens (including phenoxy) is 1. The maximum atomic E-state index is 5.87. The number of piperidine rings is 1. The van der Waals surface area contributed by atoms with E-state index in [1.54, 1.807) is 34.6 Å². The normalized spacial score (nSPS) is 14.6. The number of hydrogen-bond acceptors (Lipinski definition) is 9. The minimum Gasteiger partial charge on any atom is -0.486 e. The van der Waals surface area contributed by atoms with Crippen LogP contribution in [0.1, 0.15) is 41.9 Å². The molecule has 32 heavy (non-hydrogen) atoms. The van der Waals surface area contributed by atoms with Crippen molar-refractivity contribution in [1.82, 2.24) is 34.9 Å². The van der Waals surface area contributed by atoms with E-state index >= 15 is 0 Å². The summed E-state index contributed by atoms with van der Waals surface area (Å²) in [6.45, 7) is 4.44. The maximum absolute atomic E-state index is 5.87. The molecule has 1 saturated heterocycles. The van der Waals surface area contributed by atoms with E-state index in [4.69, 9.17) is 9.72 Å². The summed E-state index contributed by atoms with van der Waals surface area (Å²) in [6.07, 6.45) is 12.0. The lowest BCUT2D eigenvalue weighted by Gasteiger charge is -2.31. The molecule has 5 heterocycles. The van der Waals surface area contributed by atoms with Gasteiger partial charge in [-0.3, -0.25) is 0 Å². The minimum atomic E-state index is 0.428. The summed E-state index contributed by atoms with van der Waals surface area (Å²) in [7, 11) is 0. The summed E-state index contributed by atoms with van der Waals surface area (Å²) >= 11 is 1.72. The highest BCUT2D eigenvalue weighted by molar-refractivity contribution is 7.09. The first kappa shape index (κ1) is 20.5. The largest absolute Gasteiger partial charge is 0.486 e. The lowest BCUT2D eigenvalue weighted by Crippen LogP contribution is -2.34. The number of thiazole rings is 1. The van der Waals surface area contributed by atoms with Gasteiger partial charge in [-0.1, -0.05) is 12.1 Å². The molecule has 0 aliphatic carbocycles. The van der Waals surface area contributed by atoms with Gasteiger partial charge in [0.2, 0.25) is 5.95 Å². The fraction of sp³-hybridized carbons (Fsp3) is 0.364. The Bertz CT molecular complexity index is 1120. The van der Waals surface area contributed by atoms with Crippen molar-refractivity contribution in [2.75, 3.05) is 18.0 Å². The Kier molecular flexibility index (Phi) is 6.02. The number of aromatic nitrogens is 7. The SMILES string of the molecule is CCc1cnc(N2CCC(c3nc(COc4ccc(-n5ccnn5)nc4)cs3)CC2)nc1. The molecule has 164 valence electrons. The van der Waals surface area contributed by atoms with Gasteiger partial charge in [-0.05, 0) is 37.0 Å². The Morgan fingerprint density at radius 1 is 1.09 bits per heavy atom. The highest BCUT2D eigenvalue weighted by Crippen LogP contribution is 2.31. The standard InChI is InChI=1S/C22H24N8OS/c1-2-16-11-24-22(25-12-16)29-8-5-17(6-9-29)21-27-18(15-32-21)14-31-19-3-4-20(23-13-19)30-10-7-26-28-30/h3-4,7,10-13,15,17H,2,5-6,8-9,14H2,1H3. The number of rotatable bonds is 7. The van der Waals surface area contributed by atoms with Crippen LogP contribution in [0.2, 0.25) is 0 Å². The molecule has 1 aliphatic heterocycles. The van der Waals surface area contributed by atoms with Crippen LogP contribution in [0, 0.1) is 0 Å². The van der Waals surface area contributed by atoms with E-state index in [0.29, 0.717) is 24.1 Å². The third-order valence-electron chi connectivity index (χ3n) is 5.56. The Balaban J connectivity index is 1.13. The highest BCUT2D eigenvalue weighted by Gasteiger charge is 2.24. The van der Waals surface area contributed by atoms with Crippen LogP contribution in [0.15, 0.2) is 48.5 Å². The van der Waals surface area contributed by atoms with Crippen molar-refractivity contribution in [2.45, 2.75) is 38.7 Å². The molecular weight excluding hydrogens is 424 g/mol. The summed E-state index contributed by atoms with van der Waals surface area (Å²) in [5.41, 5.74) is 2.12. The van der Waals surface area contributed by atoms with Gasteiger partial charge in [0.25, 0.3) is 0 Å². The Morgan fingerprint density at radius 3 is 2.62 bits per heavy atom. The van der Waals surface area contributed by atoms with Gasteiger partial charge in [-0.25, -0.2) is 24.6 Å². The van der Waals surface area contributed by atoms with Gasteiger partial charge < -0.3 is 9.64 Å². The number of aryl methyl sites for hydroxylation is 1. The molecule has 9 nitrogen and oxygen atoms in total. The van der Waals surface area contributed by atoms with Crippen molar-refractivity contribution >= 4 is 17.3 Å². The van der Waals surface area contributed by atoms with Gasteiger partial charge in [0, 0.05) is 36.8 Å². The smallest absolute Gasteiger partial charge is 0.225 e. The van der Waals surface area contributed by atoms with Crippen molar-refractivity contribution in [3.8, 4) is 11.6 Å². The second kappa shape index (κ2) is 9.39. The van der Waals surface area contributed by atoms with Gasteiger partial charge in [-0.2, -0.15) is 0 Å². The molecule has 0 unspecified atom stereocenters. The second-order valence-corrected chi connectivity index (χ2v) is 8.56. The predicted molar refractivity (Wildman–Crippen MR) is 121 cm³/mol. The lowest BCUT2D eigenvalue weighted by atomic mass is 9.98. The van der Waals surface area contributed by atoms with E-state index < -0.39 is 0 Å². The zero-order valence-corrected chi connectivity index (χ0v) is 18.6. The molecule has 4 aromatic rings. The van der Waals surface area contributed by atoms with Gasteiger partial charge in [0.1, 0.15) is 12.4 Å². The molecule has 10 heteroatoms. The van der Waals surface area contributed by atoms with E-state index in [-0.39, 0.29) is 0 Å². The van der Waals surface area contributed by atoms with E-state index in [9.17, 15) is 0 Å². The summed E-state index contributed by atoms with van der Waals surface area (Å²) in [6, 6.07) is 3.73. The fourth-order valence-electron chi connectivity index (χ4n) is 3.68. The fourth-order valence-corrected chi connectivity index (χ4v) is 4.65. The van der Waals surface area contributed by atoms with E-state index in [1.165, 1.54) is 10.6 Å². The van der Waals surface area contributed by atoms with Crippen molar-refractivity contribution < 1.29 is 4.74 Å². The molecule has 0 spiro atoms. The van der Waals surface area contributed by atoms with Crippen molar-refractivity contribution in [2.24, 2.45) is 0 Å². The first-order valence-electron chi connectivity index (χ1n) is 10.7. The number of anilines is 1. The Hall–Kier alpha value is -3.40. The van der Waals surface area contributed by atoms with E-state index in [0.717, 1.165) is 44.0 Å². The van der Waals surface area contributed by atoms with E-state index in [2.05, 4.69) is 42.5 Å². The second-order valence-electron chi connectivity index (χ2n) is 7.67. The summed E-state index contributed by atoms with van der Waals surface area (Å²) in [4.78, 5) is 20.5. The summed E-state index contributed by atoms with van der Waals surface area (Å²) in [5, 5.41) is 11.0. The molecule has 0 saturated carbocycles. The molecule has 0 bridgehead atoms. The molecule has 5 rings (SSSR count). The topological polar surface area (TPSA) is 94.7 Å². The average molecular weight is 449 g/mol. The van der Waals surface area contributed by atoms with Crippen LogP contribution in [-0.4, -0.2) is 48.0 Å². The molecule has 0 atom stereocenters. The molecule has 0 amide bonds. The van der Waals surface area contributed by atoms with Gasteiger partial charge in [-0.15, -0.1) is 16.4 Å². The van der Waals surface area contributed by atoms with Gasteiger partial charge in [0.05, 0.1) is 29.3 Å². The van der Waals surface area contributed by atoms with Crippen LogP contribution in [0.4, 0.5) is 5.95 Å². The van der Waals surface area contributed by atoms with Crippen LogP contribution in [-0.2, 0) is 13.0 Å². The zero-order valence-electron chi connectivity index (χ0n) is 17.8. The van der Waals surface area contributed by atoms with Gasteiger partial charge in [0.15, 0.2) is 5.82 Å². The number of nitrogens with zero attached hydrogens (tertiary/aromatic N) is 8. The Labute approximate surface area is 190 Å². The molecule has 0 N–H and O–H groups in total. The highest BCUT2D eigenvalue weighted by atomic mass is 32.1. The molecule has 0 radical (unpaired) electrons. The molecule has 4 aromatic heterocycles. The molecule has 1 fully saturated rings. The van der Waals surface area contributed by atoms with Crippen molar-refractivity contribution in [3.05, 3.63) is 64.8 Å². The van der Waals surface area contributed by atoms with E-state index in [1.807, 2.05) is 24.5 Å². The number of pyridine rings is 1. The molecule has 1 aliphatic rings. The van der Waals surface area contributed by atoms with Crippen LogP contribution in [0.25, 0.3) is 5.82 Å². The van der Waals surface area contributed by atoms with Crippen LogP contribution >= 0.6 is 11.3 Å². The lowest BCUT2D eigenvalue weighted by molar-refractivity contribution is 0.300. The van der Waals surface area contributed by atoms with Crippen LogP contribution in [0.5, 0.6) is 5.75 Å². The Morgan fingerprint density at radius 2 is 1.94 bits per heavy atom. The first-order chi connectivity index (χ1) is 15.8. The quantitative estimate of drug-likeness (QED) is 0.424. The monoisotopic (exact) mass is 448 g/mol. The predicted octanol–water partition coefficient (Wildman–Crippen LogP) is 3.43. The summed E-state index contributed by atoms with van der Waals surface area (Å²) < 4.78 is 7.48. The average Bonchev–Trinajstić information content (AvgIpc) is 3.56. The zero-order chi connectivity index (χ0) is 21.8. The maximum Gasteiger partial charge on any atom is 0.225 e. The minimum absolute atomic E-state index is 0.428. The third kappa shape index (κ3) is 4.59. The summed E-state index contributed by atoms with van der Waals surface area (Å²) in [5.74, 6) is 2.70. The van der Waals surface area contributed by atoms with Crippen LogP contribution < -0.4 is 9.64 Å². The third-order valence-corrected chi connectivity index (χ3v) is 6.62. The molecular formula is C22H24N8OS.